The lowest BCUT2D eigenvalue weighted by molar-refractivity contribution is -0.275. The summed E-state index contributed by atoms with van der Waals surface area (Å²) in [5, 5.41) is 10.7. The van der Waals surface area contributed by atoms with Gasteiger partial charge < -0.3 is 19.1 Å². The zero-order valence-corrected chi connectivity index (χ0v) is 17.5. The summed E-state index contributed by atoms with van der Waals surface area (Å²) in [6.45, 7) is -0.0252. The first-order chi connectivity index (χ1) is 15.9. The van der Waals surface area contributed by atoms with E-state index in [1.807, 2.05) is 34.9 Å². The summed E-state index contributed by atoms with van der Waals surface area (Å²) in [5.41, 5.74) is 2.70. The predicted octanol–water partition coefficient (Wildman–Crippen LogP) is 6.61. The van der Waals surface area contributed by atoms with Gasteiger partial charge in [-0.25, -0.2) is 4.98 Å². The molecule has 1 heterocycles. The highest BCUT2D eigenvalue weighted by molar-refractivity contribution is 5.82. The molecule has 0 aliphatic heterocycles. The van der Waals surface area contributed by atoms with Crippen molar-refractivity contribution in [2.75, 3.05) is 0 Å². The van der Waals surface area contributed by atoms with Crippen LogP contribution in [0.15, 0.2) is 66.7 Å². The molecule has 8 heteroatoms. The summed E-state index contributed by atoms with van der Waals surface area (Å²) in [6.07, 6.45) is -1.95. The average Bonchev–Trinajstić information content (AvgIpc) is 3.11. The van der Waals surface area contributed by atoms with Crippen LogP contribution in [0.2, 0.25) is 0 Å². The summed E-state index contributed by atoms with van der Waals surface area (Å²) in [5.74, 6) is -0.945. The Bertz CT molecular complexity index is 1280. The second-order valence-corrected chi connectivity index (χ2v) is 8.02. The van der Waals surface area contributed by atoms with Crippen LogP contribution in [-0.4, -0.2) is 21.0 Å². The van der Waals surface area contributed by atoms with E-state index in [1.165, 1.54) is 12.1 Å². The molecule has 5 rings (SSSR count). The van der Waals surface area contributed by atoms with Gasteiger partial charge in [-0.1, -0.05) is 42.5 Å². The Morgan fingerprint density at radius 1 is 1.00 bits per heavy atom. The van der Waals surface area contributed by atoms with Gasteiger partial charge in [-0.2, -0.15) is 0 Å². The first-order valence-electron chi connectivity index (χ1n) is 10.7. The van der Waals surface area contributed by atoms with E-state index in [1.54, 1.807) is 24.3 Å². The Kier molecular flexibility index (Phi) is 5.36. The lowest BCUT2D eigenvalue weighted by atomic mass is 9.92. The van der Waals surface area contributed by atoms with Gasteiger partial charge in [0.25, 0.3) is 0 Å². The normalized spacial score (nSPS) is 14.3. The van der Waals surface area contributed by atoms with Gasteiger partial charge in [0.1, 0.15) is 12.4 Å². The van der Waals surface area contributed by atoms with Crippen LogP contribution in [0, 0.1) is 0 Å². The van der Waals surface area contributed by atoms with Crippen LogP contribution in [-0.2, 0) is 6.61 Å². The zero-order valence-electron chi connectivity index (χ0n) is 17.5. The van der Waals surface area contributed by atoms with Crippen LogP contribution in [0.1, 0.15) is 30.9 Å². The van der Waals surface area contributed by atoms with Crippen molar-refractivity contribution in [1.29, 1.82) is 0 Å². The molecule has 4 aromatic rings. The molecule has 0 bridgehead atoms. The zero-order chi connectivity index (χ0) is 23.0. The molecule has 0 atom stereocenters. The number of benzene rings is 3. The van der Waals surface area contributed by atoms with Crippen molar-refractivity contribution in [3.63, 3.8) is 0 Å². The fourth-order valence-electron chi connectivity index (χ4n) is 4.05. The molecule has 0 radical (unpaired) electrons. The maximum Gasteiger partial charge on any atom is 0.573 e. The van der Waals surface area contributed by atoms with Crippen molar-refractivity contribution < 1.29 is 27.8 Å². The van der Waals surface area contributed by atoms with Gasteiger partial charge in [0.05, 0.1) is 11.0 Å². The number of phenolic OH excluding ortho intramolecular Hbond substituents is 1. The molecule has 3 aromatic carbocycles. The van der Waals surface area contributed by atoms with E-state index in [-0.39, 0.29) is 18.4 Å². The lowest BCUT2D eigenvalue weighted by Gasteiger charge is -2.29. The second kappa shape index (κ2) is 8.35. The summed E-state index contributed by atoms with van der Waals surface area (Å²) in [4.78, 5) is 4.66. The Balaban J connectivity index is 1.59. The maximum absolute atomic E-state index is 13.2. The number of hydrogen-bond acceptors (Lipinski definition) is 4. The topological polar surface area (TPSA) is 56.5 Å². The predicted molar refractivity (Wildman–Crippen MR) is 117 cm³/mol. The summed E-state index contributed by atoms with van der Waals surface area (Å²) >= 11 is 0. The Hall–Kier alpha value is -3.68. The van der Waals surface area contributed by atoms with E-state index in [0.29, 0.717) is 11.4 Å². The summed E-state index contributed by atoms with van der Waals surface area (Å²) in [6, 6.07) is 19.3. The van der Waals surface area contributed by atoms with Crippen molar-refractivity contribution in [3.05, 3.63) is 72.3 Å². The molecule has 1 aromatic heterocycles. The molecule has 5 nitrogen and oxygen atoms in total. The number of alkyl halides is 3. The molecule has 0 unspecified atom stereocenters. The minimum atomic E-state index is -4.95. The number of para-hydroxylation sites is 2. The fourth-order valence-corrected chi connectivity index (χ4v) is 4.05. The number of hydrogen-bond donors (Lipinski definition) is 1. The van der Waals surface area contributed by atoms with Gasteiger partial charge in [-0.3, -0.25) is 0 Å². The van der Waals surface area contributed by atoms with Gasteiger partial charge in [0.15, 0.2) is 11.5 Å². The highest BCUT2D eigenvalue weighted by atomic mass is 19.4. The van der Waals surface area contributed by atoms with Crippen LogP contribution in [0.3, 0.4) is 0 Å². The molecule has 1 aliphatic rings. The Labute approximate surface area is 188 Å². The highest BCUT2D eigenvalue weighted by Gasteiger charge is 2.34. The number of ether oxygens (including phenoxy) is 2. The monoisotopic (exact) mass is 454 g/mol. The van der Waals surface area contributed by atoms with Crippen molar-refractivity contribution >= 4 is 11.0 Å². The van der Waals surface area contributed by atoms with Crippen LogP contribution in [0.25, 0.3) is 22.4 Å². The van der Waals surface area contributed by atoms with Crippen molar-refractivity contribution in [2.45, 2.75) is 38.3 Å². The molecule has 0 amide bonds. The maximum atomic E-state index is 13.2. The Morgan fingerprint density at radius 3 is 2.42 bits per heavy atom. The van der Waals surface area contributed by atoms with E-state index in [4.69, 9.17) is 4.74 Å². The number of fused-ring (bicyclic) bond motifs is 1. The third-order valence-corrected chi connectivity index (χ3v) is 5.78. The molecule has 33 heavy (non-hydrogen) atoms. The molecule has 0 saturated heterocycles. The smallest absolute Gasteiger partial charge is 0.504 e. The van der Waals surface area contributed by atoms with Crippen LogP contribution in [0.5, 0.6) is 17.2 Å². The first kappa shape index (κ1) is 21.2. The first-order valence-corrected chi connectivity index (χ1v) is 10.7. The molecule has 0 spiro atoms. The minimum absolute atomic E-state index is 0.0252. The van der Waals surface area contributed by atoms with Gasteiger partial charge in [0, 0.05) is 11.6 Å². The van der Waals surface area contributed by atoms with Crippen molar-refractivity contribution in [2.24, 2.45) is 0 Å². The molecule has 1 aliphatic carbocycles. The second-order valence-electron chi connectivity index (χ2n) is 8.02. The molecule has 170 valence electrons. The van der Waals surface area contributed by atoms with E-state index >= 15 is 0 Å². The SMILES string of the molecule is Oc1cc(-c2nc3ccccc3n2C2CCC2)cc(OC(F)(F)F)c1OCc1ccccc1. The quantitative estimate of drug-likeness (QED) is 0.356. The molecular weight excluding hydrogens is 433 g/mol. The number of rotatable bonds is 6. The van der Waals surface area contributed by atoms with Gasteiger partial charge >= 0.3 is 6.36 Å². The molecule has 1 saturated carbocycles. The third kappa shape index (κ3) is 4.33. The number of nitrogens with zero attached hydrogens (tertiary/aromatic N) is 2. The fraction of sp³-hybridized carbons (Fsp3) is 0.240. The number of phenols is 1. The molecule has 1 N–H and O–H groups in total. The third-order valence-electron chi connectivity index (χ3n) is 5.78. The van der Waals surface area contributed by atoms with Crippen molar-refractivity contribution in [1.82, 2.24) is 9.55 Å². The minimum Gasteiger partial charge on any atom is -0.504 e. The van der Waals surface area contributed by atoms with Gasteiger partial charge in [-0.05, 0) is 49.1 Å². The highest BCUT2D eigenvalue weighted by Crippen LogP contribution is 2.45. The van der Waals surface area contributed by atoms with Gasteiger partial charge in [-0.15, -0.1) is 13.2 Å². The summed E-state index contributed by atoms with van der Waals surface area (Å²) < 4.78 is 51.5. The average molecular weight is 454 g/mol. The van der Waals surface area contributed by atoms with E-state index < -0.39 is 17.9 Å². The van der Waals surface area contributed by atoms with E-state index in [9.17, 15) is 18.3 Å². The Morgan fingerprint density at radius 2 is 1.73 bits per heavy atom. The number of imidazole rings is 1. The largest absolute Gasteiger partial charge is 0.573 e. The van der Waals surface area contributed by atoms with E-state index in [0.717, 1.165) is 35.9 Å². The van der Waals surface area contributed by atoms with Crippen LogP contribution in [0.4, 0.5) is 13.2 Å². The van der Waals surface area contributed by atoms with Crippen molar-refractivity contribution in [3.8, 4) is 28.6 Å². The van der Waals surface area contributed by atoms with E-state index in [2.05, 4.69) is 9.72 Å². The van der Waals surface area contributed by atoms with Crippen LogP contribution < -0.4 is 9.47 Å². The molecular formula is C25H21F3N2O3. The number of aromatic hydroxyl groups is 1. The number of aromatic nitrogens is 2. The lowest BCUT2D eigenvalue weighted by Crippen LogP contribution is -2.19. The summed E-state index contributed by atoms with van der Waals surface area (Å²) in [7, 11) is 0. The molecule has 1 fully saturated rings. The number of halogens is 3. The standard InChI is InChI=1S/C25H21F3N2O3/c26-25(27,28)33-22-14-17(13-21(31)23(22)32-15-16-7-2-1-3-8-16)24-29-19-11-4-5-12-20(19)30(24)18-9-6-10-18/h1-5,7-8,11-14,18,31H,6,9-10,15H2. The van der Waals surface area contributed by atoms with Gasteiger partial charge in [0.2, 0.25) is 5.75 Å². The van der Waals surface area contributed by atoms with Crippen LogP contribution >= 0.6 is 0 Å².